The van der Waals surface area contributed by atoms with Crippen molar-refractivity contribution in [1.82, 2.24) is 24.1 Å². The van der Waals surface area contributed by atoms with Gasteiger partial charge in [0.15, 0.2) is 5.82 Å². The smallest absolute Gasteiger partial charge is 0.259 e. The van der Waals surface area contributed by atoms with E-state index in [1.807, 2.05) is 69.0 Å². The van der Waals surface area contributed by atoms with E-state index >= 15 is 0 Å². The van der Waals surface area contributed by atoms with Gasteiger partial charge in [-0.3, -0.25) is 9.59 Å². The molecule has 2 aliphatic rings. The van der Waals surface area contributed by atoms with E-state index in [-0.39, 0.29) is 17.7 Å². The largest absolute Gasteiger partial charge is 0.342 e. The van der Waals surface area contributed by atoms with Gasteiger partial charge in [-0.05, 0) is 49.9 Å². The molecule has 7 nitrogen and oxygen atoms in total. The Morgan fingerprint density at radius 2 is 1.45 bits per heavy atom. The highest BCUT2D eigenvalue weighted by Crippen LogP contribution is 2.26. The second-order valence-corrected chi connectivity index (χ2v) is 9.03. The van der Waals surface area contributed by atoms with Gasteiger partial charge in [0.25, 0.3) is 5.91 Å². The number of rotatable bonds is 4. The van der Waals surface area contributed by atoms with Crippen molar-refractivity contribution in [2.75, 3.05) is 26.2 Å². The molecule has 2 fully saturated rings. The van der Waals surface area contributed by atoms with Gasteiger partial charge in [0, 0.05) is 44.5 Å². The molecular formula is C26H31N5O2. The van der Waals surface area contributed by atoms with Gasteiger partial charge in [0.1, 0.15) is 5.56 Å². The summed E-state index contributed by atoms with van der Waals surface area (Å²) in [5.74, 6) is 1.03. The van der Waals surface area contributed by atoms with E-state index in [1.54, 1.807) is 6.20 Å². The van der Waals surface area contributed by atoms with Crippen LogP contribution in [0.1, 0.15) is 48.9 Å². The Balaban J connectivity index is 1.32. The molecule has 0 radical (unpaired) electrons. The first kappa shape index (κ1) is 21.5. The molecule has 2 amide bonds. The van der Waals surface area contributed by atoms with E-state index in [0.29, 0.717) is 18.7 Å². The topological polar surface area (TPSA) is 63.4 Å². The van der Waals surface area contributed by atoms with Crippen LogP contribution >= 0.6 is 0 Å². The number of benzene rings is 1. The number of para-hydroxylation sites is 1. The molecule has 0 bridgehead atoms. The van der Waals surface area contributed by atoms with Crippen LogP contribution in [0.15, 0.2) is 61.1 Å². The van der Waals surface area contributed by atoms with Crippen LogP contribution in [0.5, 0.6) is 0 Å². The molecule has 0 unspecified atom stereocenters. The summed E-state index contributed by atoms with van der Waals surface area (Å²) in [7, 11) is 0. The van der Waals surface area contributed by atoms with E-state index in [2.05, 4.69) is 10.00 Å². The Kier molecular flexibility index (Phi) is 6.28. The molecule has 5 rings (SSSR count). The van der Waals surface area contributed by atoms with Gasteiger partial charge in [0.05, 0.1) is 11.9 Å². The minimum atomic E-state index is -0.0263. The highest BCUT2D eigenvalue weighted by atomic mass is 16.2. The van der Waals surface area contributed by atoms with Crippen LogP contribution in [0.2, 0.25) is 0 Å². The number of nitrogens with zero attached hydrogens (tertiary/aromatic N) is 5. The van der Waals surface area contributed by atoms with Crippen molar-refractivity contribution in [3.05, 3.63) is 66.6 Å². The maximum Gasteiger partial charge on any atom is 0.259 e. The Hall–Kier alpha value is -3.35. The highest BCUT2D eigenvalue weighted by Gasteiger charge is 2.32. The van der Waals surface area contributed by atoms with Crippen LogP contribution in [0.4, 0.5) is 0 Å². The van der Waals surface area contributed by atoms with Crippen LogP contribution in [-0.4, -0.2) is 62.1 Å². The Morgan fingerprint density at radius 3 is 2.12 bits per heavy atom. The quantitative estimate of drug-likeness (QED) is 0.612. The third kappa shape index (κ3) is 4.45. The second kappa shape index (κ2) is 9.65. The first-order valence-corrected chi connectivity index (χ1v) is 12.1. The zero-order chi connectivity index (χ0) is 22.6. The summed E-state index contributed by atoms with van der Waals surface area (Å²) >= 11 is 0. The second-order valence-electron chi connectivity index (χ2n) is 9.03. The first-order chi connectivity index (χ1) is 16.2. The van der Waals surface area contributed by atoms with Crippen LogP contribution in [0.3, 0.4) is 0 Å². The van der Waals surface area contributed by atoms with E-state index in [0.717, 1.165) is 50.3 Å². The monoisotopic (exact) mass is 445 g/mol. The summed E-state index contributed by atoms with van der Waals surface area (Å²) in [6.07, 6.45) is 11.6. The summed E-state index contributed by atoms with van der Waals surface area (Å²) in [6, 6.07) is 13.7. The van der Waals surface area contributed by atoms with Gasteiger partial charge in [-0.2, -0.15) is 5.10 Å². The van der Waals surface area contributed by atoms with E-state index in [9.17, 15) is 9.59 Å². The zero-order valence-corrected chi connectivity index (χ0v) is 19.0. The summed E-state index contributed by atoms with van der Waals surface area (Å²) in [5, 5.41) is 4.56. The molecule has 2 aliphatic heterocycles. The summed E-state index contributed by atoms with van der Waals surface area (Å²) in [6.45, 7) is 2.98. The average molecular weight is 446 g/mol. The molecule has 0 atom stereocenters. The fraction of sp³-hybridized carbons (Fsp3) is 0.423. The number of piperidine rings is 1. The number of amides is 2. The standard InChI is InChI=1S/C26H31N5O2/c32-25(29-16-6-1-2-7-17-29)21-12-18-30(19-13-21)26(33)23-20-27-31(22-10-4-3-5-11-22)24(23)28-14-8-9-15-28/h3-5,8-11,14-15,20-21H,1-2,6-7,12-13,16-19H2. The van der Waals surface area contributed by atoms with Crippen molar-refractivity contribution < 1.29 is 9.59 Å². The van der Waals surface area contributed by atoms with Crippen LogP contribution < -0.4 is 0 Å². The minimum Gasteiger partial charge on any atom is -0.342 e. The number of hydrogen-bond donors (Lipinski definition) is 0. The molecule has 0 N–H and O–H groups in total. The lowest BCUT2D eigenvalue weighted by molar-refractivity contribution is -0.136. The third-order valence-electron chi connectivity index (χ3n) is 6.87. The van der Waals surface area contributed by atoms with Crippen molar-refractivity contribution >= 4 is 11.8 Å². The Bertz CT molecular complexity index is 1070. The van der Waals surface area contributed by atoms with Gasteiger partial charge >= 0.3 is 0 Å². The maximum atomic E-state index is 13.5. The van der Waals surface area contributed by atoms with E-state index in [1.165, 1.54) is 12.8 Å². The Morgan fingerprint density at radius 1 is 0.788 bits per heavy atom. The molecule has 1 aromatic carbocycles. The van der Waals surface area contributed by atoms with Gasteiger partial charge in [-0.1, -0.05) is 31.0 Å². The predicted molar refractivity (Wildman–Crippen MR) is 127 cm³/mol. The minimum absolute atomic E-state index is 0.0263. The molecule has 0 saturated carbocycles. The molecule has 3 aromatic rings. The number of carbonyl (C=O) groups excluding carboxylic acids is 2. The van der Waals surface area contributed by atoms with Gasteiger partial charge in [0.2, 0.25) is 5.91 Å². The lowest BCUT2D eigenvalue weighted by Crippen LogP contribution is -2.44. The van der Waals surface area contributed by atoms with E-state index < -0.39 is 0 Å². The zero-order valence-electron chi connectivity index (χ0n) is 19.0. The third-order valence-corrected chi connectivity index (χ3v) is 6.87. The molecule has 2 saturated heterocycles. The molecule has 33 heavy (non-hydrogen) atoms. The normalized spacial score (nSPS) is 17.7. The van der Waals surface area contributed by atoms with Crippen molar-refractivity contribution in [2.24, 2.45) is 5.92 Å². The first-order valence-electron chi connectivity index (χ1n) is 12.1. The predicted octanol–water partition coefficient (Wildman–Crippen LogP) is 3.92. The number of likely N-dealkylation sites (tertiary alicyclic amines) is 2. The van der Waals surface area contributed by atoms with Crippen molar-refractivity contribution in [3.8, 4) is 11.5 Å². The number of aromatic nitrogens is 3. The molecule has 2 aromatic heterocycles. The lowest BCUT2D eigenvalue weighted by atomic mass is 9.94. The maximum absolute atomic E-state index is 13.5. The number of carbonyl (C=O) groups is 2. The van der Waals surface area contributed by atoms with Crippen LogP contribution in [0.25, 0.3) is 11.5 Å². The van der Waals surface area contributed by atoms with Gasteiger partial charge < -0.3 is 14.4 Å². The van der Waals surface area contributed by atoms with Crippen molar-refractivity contribution in [3.63, 3.8) is 0 Å². The van der Waals surface area contributed by atoms with Crippen molar-refractivity contribution in [1.29, 1.82) is 0 Å². The van der Waals surface area contributed by atoms with Crippen LogP contribution in [0, 0.1) is 5.92 Å². The fourth-order valence-electron chi connectivity index (χ4n) is 5.02. The summed E-state index contributed by atoms with van der Waals surface area (Å²) in [4.78, 5) is 30.5. The number of hydrogen-bond acceptors (Lipinski definition) is 3. The Labute approximate surface area is 194 Å². The molecule has 0 aliphatic carbocycles. The van der Waals surface area contributed by atoms with E-state index in [4.69, 9.17) is 0 Å². The van der Waals surface area contributed by atoms with Crippen molar-refractivity contribution in [2.45, 2.75) is 38.5 Å². The summed E-state index contributed by atoms with van der Waals surface area (Å²) in [5.41, 5.74) is 1.48. The van der Waals surface area contributed by atoms with Gasteiger partial charge in [-0.25, -0.2) is 4.68 Å². The SMILES string of the molecule is O=C(c1cnn(-c2ccccc2)c1-n1cccc1)N1CCC(C(=O)N2CCCCCC2)CC1. The molecule has 172 valence electrons. The molecule has 4 heterocycles. The molecular weight excluding hydrogens is 414 g/mol. The van der Waals surface area contributed by atoms with Crippen LogP contribution in [-0.2, 0) is 4.79 Å². The molecule has 0 spiro atoms. The molecule has 7 heteroatoms. The fourth-order valence-corrected chi connectivity index (χ4v) is 5.02. The summed E-state index contributed by atoms with van der Waals surface area (Å²) < 4.78 is 3.74. The average Bonchev–Trinajstić information content (AvgIpc) is 3.47. The highest BCUT2D eigenvalue weighted by molar-refractivity contribution is 5.97. The van der Waals surface area contributed by atoms with Gasteiger partial charge in [-0.15, -0.1) is 0 Å². The lowest BCUT2D eigenvalue weighted by Gasteiger charge is -2.34.